The van der Waals surface area contributed by atoms with Crippen LogP contribution in [-0.4, -0.2) is 0 Å². The summed E-state index contributed by atoms with van der Waals surface area (Å²) in [6, 6.07) is 66.3. The molecule has 2 aliphatic rings. The van der Waals surface area contributed by atoms with Gasteiger partial charge < -0.3 is 13.7 Å². The van der Waals surface area contributed by atoms with Crippen molar-refractivity contribution in [2.24, 2.45) is 0 Å². The molecule has 3 heteroatoms. The Hall–Kier alpha value is -7.62. The first-order valence-electron chi connectivity index (χ1n) is 22.4. The van der Waals surface area contributed by atoms with Crippen LogP contribution >= 0.6 is 0 Å². The van der Waals surface area contributed by atoms with E-state index >= 15 is 0 Å². The molecule has 0 N–H and O–H groups in total. The van der Waals surface area contributed by atoms with Gasteiger partial charge >= 0.3 is 0 Å². The van der Waals surface area contributed by atoms with Crippen molar-refractivity contribution >= 4 is 60.9 Å². The van der Waals surface area contributed by atoms with Crippen molar-refractivity contribution in [3.8, 4) is 44.5 Å². The quantitative estimate of drug-likeness (QED) is 0.173. The average molecular weight is 824 g/mol. The van der Waals surface area contributed by atoms with Crippen LogP contribution in [0.3, 0.4) is 0 Å². The number of aryl methyl sites for hydroxylation is 1. The molecule has 0 spiro atoms. The summed E-state index contributed by atoms with van der Waals surface area (Å²) in [5.74, 6) is 0. The van der Waals surface area contributed by atoms with Crippen molar-refractivity contribution in [1.82, 2.24) is 0 Å². The fourth-order valence-electron chi connectivity index (χ4n) is 11.4. The van der Waals surface area contributed by atoms with E-state index in [-0.39, 0.29) is 10.8 Å². The van der Waals surface area contributed by atoms with Crippen LogP contribution in [0.1, 0.15) is 55.5 Å². The number of hydrogen-bond acceptors (Lipinski definition) is 3. The molecule has 0 aliphatic heterocycles. The number of benzene rings is 9. The number of rotatable bonds is 5. The molecule has 0 atom stereocenters. The molecular weight excluding hydrogens is 779 g/mol. The molecular formula is C61H45NO2. The minimum absolute atomic E-state index is 0.287. The van der Waals surface area contributed by atoms with Crippen molar-refractivity contribution in [1.29, 1.82) is 0 Å². The Kier molecular flexibility index (Phi) is 7.63. The van der Waals surface area contributed by atoms with Gasteiger partial charge in [-0.1, -0.05) is 155 Å². The smallest absolute Gasteiger partial charge is 0.143 e. The van der Waals surface area contributed by atoms with Crippen molar-refractivity contribution in [2.45, 2.75) is 45.4 Å². The van der Waals surface area contributed by atoms with Crippen molar-refractivity contribution in [2.75, 3.05) is 4.90 Å². The Bertz CT molecular complexity index is 3510. The molecule has 64 heavy (non-hydrogen) atoms. The van der Waals surface area contributed by atoms with E-state index in [0.717, 1.165) is 72.4 Å². The second-order valence-corrected chi connectivity index (χ2v) is 18.9. The molecule has 0 radical (unpaired) electrons. The summed E-state index contributed by atoms with van der Waals surface area (Å²) in [5, 5.41) is 4.69. The van der Waals surface area contributed by atoms with Gasteiger partial charge in [-0.3, -0.25) is 0 Å². The van der Waals surface area contributed by atoms with Crippen LogP contribution in [-0.2, 0) is 10.8 Å². The predicted octanol–water partition coefficient (Wildman–Crippen LogP) is 17.2. The Labute approximate surface area is 372 Å². The Balaban J connectivity index is 1.02. The standard InChI is InChI=1S/C61H45NO2/c1-36-18-12-15-25-51(36)62(39-28-30-41-47(32-39)60(2,3)49-34-45(37-19-8-6-9-20-37)58-56(54(41)49)43-23-13-16-26-52(43)63-58)40-29-31-42-48(33-40)61(4,5)50-35-46(38-21-10-7-11-22-38)59-57(55(42)50)44-24-14-17-27-53(44)64-59/h6-35H,1-5H3. The summed E-state index contributed by atoms with van der Waals surface area (Å²) in [6.07, 6.45) is 0. The van der Waals surface area contributed by atoms with E-state index in [1.807, 2.05) is 0 Å². The highest BCUT2D eigenvalue weighted by atomic mass is 16.3. The Morgan fingerprint density at radius 1 is 0.391 bits per heavy atom. The van der Waals surface area contributed by atoms with E-state index < -0.39 is 0 Å². The number of anilines is 3. The van der Waals surface area contributed by atoms with Crippen LogP contribution in [0.15, 0.2) is 191 Å². The molecule has 9 aromatic carbocycles. The molecule has 0 fully saturated rings. The first-order valence-corrected chi connectivity index (χ1v) is 22.4. The van der Waals surface area contributed by atoms with Gasteiger partial charge in [-0.2, -0.15) is 0 Å². The fraction of sp³-hybridized carbons (Fsp3) is 0.115. The topological polar surface area (TPSA) is 29.5 Å². The Morgan fingerprint density at radius 2 is 0.812 bits per heavy atom. The van der Waals surface area contributed by atoms with Crippen molar-refractivity contribution < 1.29 is 8.83 Å². The highest BCUT2D eigenvalue weighted by molar-refractivity contribution is 6.20. The number of nitrogens with zero attached hydrogens (tertiary/aromatic N) is 1. The van der Waals surface area contributed by atoms with Crippen LogP contribution in [0.4, 0.5) is 17.1 Å². The molecule has 0 unspecified atom stereocenters. The average Bonchev–Trinajstić information content (AvgIpc) is 4.02. The van der Waals surface area contributed by atoms with Gasteiger partial charge in [0.2, 0.25) is 0 Å². The lowest BCUT2D eigenvalue weighted by molar-refractivity contribution is 0.657. The monoisotopic (exact) mass is 823 g/mol. The zero-order valence-corrected chi connectivity index (χ0v) is 36.6. The van der Waals surface area contributed by atoms with Crippen LogP contribution in [0.2, 0.25) is 0 Å². The van der Waals surface area contributed by atoms with Crippen LogP contribution < -0.4 is 4.90 Å². The fourth-order valence-corrected chi connectivity index (χ4v) is 11.4. The number of furan rings is 2. The van der Waals surface area contributed by atoms with Gasteiger partial charge in [0.15, 0.2) is 0 Å². The first-order chi connectivity index (χ1) is 31.2. The number of fused-ring (bicyclic) bond motifs is 14. The van der Waals surface area contributed by atoms with Crippen molar-refractivity contribution in [3.63, 3.8) is 0 Å². The third-order valence-corrected chi connectivity index (χ3v) is 14.6. The minimum atomic E-state index is -0.287. The first kappa shape index (κ1) is 37.0. The molecule has 11 aromatic rings. The van der Waals surface area contributed by atoms with Crippen LogP contribution in [0.5, 0.6) is 0 Å². The summed E-state index contributed by atoms with van der Waals surface area (Å²) in [6.45, 7) is 11.8. The second-order valence-electron chi connectivity index (χ2n) is 18.9. The largest absolute Gasteiger partial charge is 0.455 e. The summed E-state index contributed by atoms with van der Waals surface area (Å²) < 4.78 is 13.5. The van der Waals surface area contributed by atoms with E-state index in [4.69, 9.17) is 8.83 Å². The van der Waals surface area contributed by atoms with E-state index in [2.05, 4.69) is 222 Å². The van der Waals surface area contributed by atoms with E-state index in [0.29, 0.717) is 0 Å². The number of hydrogen-bond donors (Lipinski definition) is 0. The zero-order chi connectivity index (χ0) is 43.1. The second kappa shape index (κ2) is 13.2. The number of para-hydroxylation sites is 3. The summed E-state index contributed by atoms with van der Waals surface area (Å²) >= 11 is 0. The van der Waals surface area contributed by atoms with E-state index in [1.165, 1.54) is 60.8 Å². The summed E-state index contributed by atoms with van der Waals surface area (Å²) in [5.41, 5.74) is 22.7. The van der Waals surface area contributed by atoms with Gasteiger partial charge in [0.1, 0.15) is 22.3 Å². The lowest BCUT2D eigenvalue weighted by Gasteiger charge is -2.30. The normalized spacial score (nSPS) is 14.3. The molecule has 13 rings (SSSR count). The lowest BCUT2D eigenvalue weighted by Crippen LogP contribution is -2.18. The van der Waals surface area contributed by atoms with Gasteiger partial charge in [-0.25, -0.2) is 0 Å². The van der Waals surface area contributed by atoms with Crippen molar-refractivity contribution in [3.05, 3.63) is 210 Å². The molecule has 0 saturated carbocycles. The van der Waals surface area contributed by atoms with Crippen LogP contribution in [0.25, 0.3) is 88.4 Å². The predicted molar refractivity (Wildman–Crippen MR) is 266 cm³/mol. The maximum absolute atomic E-state index is 6.77. The zero-order valence-electron chi connectivity index (χ0n) is 36.6. The van der Waals surface area contributed by atoms with Gasteiger partial charge in [0.05, 0.1) is 0 Å². The molecule has 0 bridgehead atoms. The van der Waals surface area contributed by atoms with Gasteiger partial charge in [0, 0.05) is 60.6 Å². The van der Waals surface area contributed by atoms with E-state index in [9.17, 15) is 0 Å². The summed E-state index contributed by atoms with van der Waals surface area (Å²) in [4.78, 5) is 2.48. The third kappa shape index (κ3) is 5.04. The Morgan fingerprint density at radius 3 is 1.28 bits per heavy atom. The van der Waals surface area contributed by atoms with Gasteiger partial charge in [-0.15, -0.1) is 0 Å². The SMILES string of the molecule is Cc1ccccc1N(c1ccc2c(c1)C(C)(C)c1cc(-c3ccccc3)c3oc4ccccc4c3c1-2)c1ccc2c(c1)C(C)(C)c1cc(-c3ccccc3)c3oc4ccccc4c3c1-2. The molecule has 2 aliphatic carbocycles. The maximum atomic E-state index is 6.77. The van der Waals surface area contributed by atoms with Crippen LogP contribution in [0, 0.1) is 6.92 Å². The summed E-state index contributed by atoms with van der Waals surface area (Å²) in [7, 11) is 0. The van der Waals surface area contributed by atoms with Gasteiger partial charge in [0.25, 0.3) is 0 Å². The third-order valence-electron chi connectivity index (χ3n) is 14.6. The maximum Gasteiger partial charge on any atom is 0.143 e. The van der Waals surface area contributed by atoms with E-state index in [1.54, 1.807) is 0 Å². The molecule has 0 saturated heterocycles. The molecule has 2 aromatic heterocycles. The highest BCUT2D eigenvalue weighted by Crippen LogP contribution is 2.58. The van der Waals surface area contributed by atoms with Gasteiger partial charge in [-0.05, 0) is 123 Å². The lowest BCUT2D eigenvalue weighted by atomic mass is 9.80. The molecule has 3 nitrogen and oxygen atoms in total. The molecule has 0 amide bonds. The molecule has 306 valence electrons. The molecule has 2 heterocycles. The highest BCUT2D eigenvalue weighted by Gasteiger charge is 2.41. The minimum Gasteiger partial charge on any atom is -0.455 e.